The van der Waals surface area contributed by atoms with E-state index < -0.39 is 0 Å². The van der Waals surface area contributed by atoms with Gasteiger partial charge in [0, 0.05) is 23.9 Å². The number of amides is 3. The Morgan fingerprint density at radius 1 is 0.917 bits per heavy atom. The van der Waals surface area contributed by atoms with Crippen molar-refractivity contribution in [2.24, 2.45) is 0 Å². The predicted octanol–water partition coefficient (Wildman–Crippen LogP) is 2.32. The molecule has 0 atom stereocenters. The van der Waals surface area contributed by atoms with E-state index in [1.165, 1.54) is 6.92 Å². The van der Waals surface area contributed by atoms with Crippen LogP contribution in [0.3, 0.4) is 0 Å². The van der Waals surface area contributed by atoms with Crippen molar-refractivity contribution in [1.29, 1.82) is 0 Å². The van der Waals surface area contributed by atoms with Crippen molar-refractivity contribution in [1.82, 2.24) is 5.32 Å². The van der Waals surface area contributed by atoms with Gasteiger partial charge in [0.15, 0.2) is 0 Å². The normalized spacial score (nSPS) is 9.92. The van der Waals surface area contributed by atoms with Crippen LogP contribution in [0.2, 0.25) is 0 Å². The fourth-order valence-electron chi connectivity index (χ4n) is 2.05. The van der Waals surface area contributed by atoms with Crippen LogP contribution in [0.25, 0.3) is 0 Å². The maximum Gasteiger partial charge on any atom is 0.251 e. The molecule has 0 aliphatic carbocycles. The Kier molecular flexibility index (Phi) is 5.68. The van der Waals surface area contributed by atoms with Gasteiger partial charge in [-0.25, -0.2) is 0 Å². The third kappa shape index (κ3) is 5.24. The standard InChI is InChI=1S/C18H19N3O3/c1-12-6-8-14(9-7-12)18(24)19-11-17(23)21-16-5-3-4-15(10-16)20-13(2)22/h3-10H,11H2,1-2H3,(H,19,24)(H,20,22)(H,21,23). The minimum absolute atomic E-state index is 0.142. The van der Waals surface area contributed by atoms with Gasteiger partial charge >= 0.3 is 0 Å². The lowest BCUT2D eigenvalue weighted by molar-refractivity contribution is -0.115. The van der Waals surface area contributed by atoms with Crippen molar-refractivity contribution < 1.29 is 14.4 Å². The lowest BCUT2D eigenvalue weighted by Crippen LogP contribution is -2.32. The van der Waals surface area contributed by atoms with Gasteiger partial charge in [0.2, 0.25) is 11.8 Å². The van der Waals surface area contributed by atoms with Crippen LogP contribution in [0.5, 0.6) is 0 Å². The highest BCUT2D eigenvalue weighted by molar-refractivity contribution is 5.99. The van der Waals surface area contributed by atoms with Crippen LogP contribution in [-0.2, 0) is 9.59 Å². The number of hydrogen-bond donors (Lipinski definition) is 3. The third-order valence-corrected chi connectivity index (χ3v) is 3.19. The van der Waals surface area contributed by atoms with Crippen LogP contribution < -0.4 is 16.0 Å². The quantitative estimate of drug-likeness (QED) is 0.788. The lowest BCUT2D eigenvalue weighted by atomic mass is 10.1. The molecular weight excluding hydrogens is 306 g/mol. The maximum atomic E-state index is 11.9. The van der Waals surface area contributed by atoms with E-state index in [0.29, 0.717) is 16.9 Å². The van der Waals surface area contributed by atoms with Crippen LogP contribution >= 0.6 is 0 Å². The Bertz CT molecular complexity index is 754. The van der Waals surface area contributed by atoms with Gasteiger partial charge in [0.25, 0.3) is 5.91 Å². The second-order valence-electron chi connectivity index (χ2n) is 5.36. The average molecular weight is 325 g/mol. The van der Waals surface area contributed by atoms with Crippen LogP contribution in [0.1, 0.15) is 22.8 Å². The summed E-state index contributed by atoms with van der Waals surface area (Å²) in [6, 6.07) is 13.9. The van der Waals surface area contributed by atoms with E-state index in [1.807, 2.05) is 19.1 Å². The molecule has 0 saturated heterocycles. The van der Waals surface area contributed by atoms with Gasteiger partial charge in [0.05, 0.1) is 6.54 Å². The Morgan fingerprint density at radius 2 is 1.54 bits per heavy atom. The summed E-state index contributed by atoms with van der Waals surface area (Å²) in [6.07, 6.45) is 0. The highest BCUT2D eigenvalue weighted by atomic mass is 16.2. The first-order chi connectivity index (χ1) is 11.4. The first-order valence-electron chi connectivity index (χ1n) is 7.46. The Labute approximate surface area is 140 Å². The second-order valence-corrected chi connectivity index (χ2v) is 5.36. The van der Waals surface area contributed by atoms with Gasteiger partial charge in [-0.3, -0.25) is 14.4 Å². The van der Waals surface area contributed by atoms with Gasteiger partial charge in [-0.2, -0.15) is 0 Å². The summed E-state index contributed by atoms with van der Waals surface area (Å²) < 4.78 is 0. The van der Waals surface area contributed by atoms with E-state index in [4.69, 9.17) is 0 Å². The number of benzene rings is 2. The molecule has 3 amide bonds. The Hall–Kier alpha value is -3.15. The minimum Gasteiger partial charge on any atom is -0.343 e. The number of carbonyl (C=O) groups is 3. The zero-order chi connectivity index (χ0) is 17.5. The van der Waals surface area contributed by atoms with Crippen molar-refractivity contribution in [3.05, 3.63) is 59.7 Å². The first-order valence-corrected chi connectivity index (χ1v) is 7.46. The first kappa shape index (κ1) is 17.2. The molecule has 6 nitrogen and oxygen atoms in total. The summed E-state index contributed by atoms with van der Waals surface area (Å²) in [5.74, 6) is -0.851. The number of rotatable bonds is 5. The molecule has 0 spiro atoms. The summed E-state index contributed by atoms with van der Waals surface area (Å²) in [5.41, 5.74) is 2.68. The van der Waals surface area contributed by atoms with Gasteiger partial charge in [-0.1, -0.05) is 23.8 Å². The third-order valence-electron chi connectivity index (χ3n) is 3.19. The molecule has 124 valence electrons. The molecular formula is C18H19N3O3. The molecule has 0 unspecified atom stereocenters. The van der Waals surface area contributed by atoms with Crippen molar-refractivity contribution in [3.63, 3.8) is 0 Å². The molecule has 0 bridgehead atoms. The molecule has 0 aliphatic heterocycles. The summed E-state index contributed by atoms with van der Waals surface area (Å²) in [7, 11) is 0. The zero-order valence-corrected chi connectivity index (χ0v) is 13.6. The highest BCUT2D eigenvalue weighted by Crippen LogP contribution is 2.14. The molecule has 0 saturated carbocycles. The van der Waals surface area contributed by atoms with Crippen LogP contribution in [-0.4, -0.2) is 24.3 Å². The predicted molar refractivity (Wildman–Crippen MR) is 92.9 cm³/mol. The van der Waals surface area contributed by atoms with Gasteiger partial charge in [-0.05, 0) is 37.3 Å². The molecule has 2 aromatic rings. The minimum atomic E-state index is -0.351. The van der Waals surface area contributed by atoms with E-state index in [9.17, 15) is 14.4 Å². The van der Waals surface area contributed by atoms with E-state index in [0.717, 1.165) is 5.56 Å². The average Bonchev–Trinajstić information content (AvgIpc) is 2.53. The Balaban J connectivity index is 1.88. The molecule has 2 aromatic carbocycles. The molecule has 2 rings (SSSR count). The molecule has 3 N–H and O–H groups in total. The van der Waals surface area contributed by atoms with Crippen molar-refractivity contribution >= 4 is 29.1 Å². The number of aryl methyl sites for hydroxylation is 1. The van der Waals surface area contributed by atoms with Gasteiger partial charge in [0.1, 0.15) is 0 Å². The van der Waals surface area contributed by atoms with E-state index in [2.05, 4.69) is 16.0 Å². The molecule has 0 aliphatic rings. The molecule has 0 radical (unpaired) electrons. The topological polar surface area (TPSA) is 87.3 Å². The number of nitrogens with one attached hydrogen (secondary N) is 3. The molecule has 0 heterocycles. The SMILES string of the molecule is CC(=O)Nc1cccc(NC(=O)CNC(=O)c2ccc(C)cc2)c1. The second kappa shape index (κ2) is 7.92. The molecule has 6 heteroatoms. The smallest absolute Gasteiger partial charge is 0.251 e. The monoisotopic (exact) mass is 325 g/mol. The summed E-state index contributed by atoms with van der Waals surface area (Å²) in [4.78, 5) is 34.9. The van der Waals surface area contributed by atoms with Crippen molar-refractivity contribution in [2.75, 3.05) is 17.2 Å². The molecule has 24 heavy (non-hydrogen) atoms. The molecule has 0 fully saturated rings. The number of hydrogen-bond acceptors (Lipinski definition) is 3. The lowest BCUT2D eigenvalue weighted by Gasteiger charge is -2.09. The van der Waals surface area contributed by atoms with Gasteiger partial charge < -0.3 is 16.0 Å². The Morgan fingerprint density at radius 3 is 2.17 bits per heavy atom. The van der Waals surface area contributed by atoms with Crippen molar-refractivity contribution in [3.8, 4) is 0 Å². The highest BCUT2D eigenvalue weighted by Gasteiger charge is 2.08. The van der Waals surface area contributed by atoms with Crippen molar-refractivity contribution in [2.45, 2.75) is 13.8 Å². The van der Waals surface area contributed by atoms with E-state index in [-0.39, 0.29) is 24.3 Å². The van der Waals surface area contributed by atoms with Crippen LogP contribution in [0.4, 0.5) is 11.4 Å². The summed E-state index contributed by atoms with van der Waals surface area (Å²) in [5, 5.41) is 7.87. The fourth-order valence-corrected chi connectivity index (χ4v) is 2.05. The van der Waals surface area contributed by atoms with E-state index in [1.54, 1.807) is 36.4 Å². The zero-order valence-electron chi connectivity index (χ0n) is 13.6. The maximum absolute atomic E-state index is 11.9. The number of anilines is 2. The van der Waals surface area contributed by atoms with Crippen LogP contribution in [0, 0.1) is 6.92 Å². The molecule has 0 aromatic heterocycles. The number of carbonyl (C=O) groups excluding carboxylic acids is 3. The largest absolute Gasteiger partial charge is 0.343 e. The fraction of sp³-hybridized carbons (Fsp3) is 0.167. The van der Waals surface area contributed by atoms with E-state index >= 15 is 0 Å². The summed E-state index contributed by atoms with van der Waals surface area (Å²) in [6.45, 7) is 3.20. The summed E-state index contributed by atoms with van der Waals surface area (Å²) >= 11 is 0. The van der Waals surface area contributed by atoms with Gasteiger partial charge in [-0.15, -0.1) is 0 Å². The van der Waals surface area contributed by atoms with Crippen LogP contribution in [0.15, 0.2) is 48.5 Å².